The first-order chi connectivity index (χ1) is 9.19. The first-order valence-electron chi connectivity index (χ1n) is 6.03. The van der Waals surface area contributed by atoms with Crippen LogP contribution in [-0.4, -0.2) is 16.0 Å². The molecule has 0 saturated heterocycles. The zero-order valence-corrected chi connectivity index (χ0v) is 11.3. The Morgan fingerprint density at radius 2 is 2.32 bits per heavy atom. The van der Waals surface area contributed by atoms with Crippen molar-refractivity contribution in [2.45, 2.75) is 26.3 Å². The van der Waals surface area contributed by atoms with E-state index < -0.39 is 0 Å². The van der Waals surface area contributed by atoms with Gasteiger partial charge in [-0.2, -0.15) is 0 Å². The van der Waals surface area contributed by atoms with Gasteiger partial charge < -0.3 is 9.84 Å². The Bertz CT molecular complexity index is 555. The van der Waals surface area contributed by atoms with Crippen LogP contribution in [0.1, 0.15) is 35.2 Å². The van der Waals surface area contributed by atoms with Crippen LogP contribution in [0, 0.1) is 0 Å². The van der Waals surface area contributed by atoms with Crippen molar-refractivity contribution < 1.29 is 9.32 Å². The van der Waals surface area contributed by atoms with Crippen LogP contribution in [-0.2, 0) is 13.0 Å². The van der Waals surface area contributed by atoms with Gasteiger partial charge in [0.2, 0.25) is 0 Å². The fourth-order valence-corrected chi connectivity index (χ4v) is 1.90. The normalized spacial score (nSPS) is 10.4. The standard InChI is InChI=1S/C13H14ClN3O2/c1-2-3-10-6-9(7-12(14)17-10)13(18)15-8-11-4-5-16-19-11/h4-7H,2-3,8H2,1H3,(H,15,18). The molecular formula is C13H14ClN3O2. The Morgan fingerprint density at radius 3 is 3.00 bits per heavy atom. The van der Waals surface area contributed by atoms with E-state index in [2.05, 4.69) is 15.5 Å². The average Bonchev–Trinajstić information content (AvgIpc) is 2.88. The Hall–Kier alpha value is -1.88. The number of carbonyl (C=O) groups excluding carboxylic acids is 1. The predicted molar refractivity (Wildman–Crippen MR) is 70.9 cm³/mol. The molecule has 0 aromatic carbocycles. The van der Waals surface area contributed by atoms with E-state index in [9.17, 15) is 4.79 Å². The number of nitrogens with zero attached hydrogens (tertiary/aromatic N) is 2. The van der Waals surface area contributed by atoms with E-state index in [1.807, 2.05) is 6.92 Å². The lowest BCUT2D eigenvalue weighted by atomic mass is 10.1. The van der Waals surface area contributed by atoms with Gasteiger partial charge in [0.25, 0.3) is 5.91 Å². The minimum atomic E-state index is -0.210. The largest absolute Gasteiger partial charge is 0.360 e. The second kappa shape index (κ2) is 6.33. The summed E-state index contributed by atoms with van der Waals surface area (Å²) in [6, 6.07) is 5.00. The van der Waals surface area contributed by atoms with Crippen LogP contribution >= 0.6 is 11.6 Å². The molecule has 2 rings (SSSR count). The highest BCUT2D eigenvalue weighted by molar-refractivity contribution is 6.29. The number of pyridine rings is 1. The molecule has 19 heavy (non-hydrogen) atoms. The van der Waals surface area contributed by atoms with Crippen molar-refractivity contribution >= 4 is 17.5 Å². The SMILES string of the molecule is CCCc1cc(C(=O)NCc2ccno2)cc(Cl)n1. The van der Waals surface area contributed by atoms with Gasteiger partial charge in [-0.05, 0) is 18.6 Å². The molecule has 0 unspecified atom stereocenters. The number of aryl methyl sites for hydroxylation is 1. The fourth-order valence-electron chi connectivity index (χ4n) is 1.67. The van der Waals surface area contributed by atoms with Crippen LogP contribution in [0.5, 0.6) is 0 Å². The summed E-state index contributed by atoms with van der Waals surface area (Å²) in [7, 11) is 0. The Morgan fingerprint density at radius 1 is 1.47 bits per heavy atom. The third kappa shape index (κ3) is 3.79. The van der Waals surface area contributed by atoms with Crippen molar-refractivity contribution in [2.75, 3.05) is 0 Å². The minimum Gasteiger partial charge on any atom is -0.360 e. The third-order valence-corrected chi connectivity index (χ3v) is 2.72. The van der Waals surface area contributed by atoms with E-state index in [1.54, 1.807) is 18.2 Å². The zero-order valence-electron chi connectivity index (χ0n) is 10.5. The molecule has 0 spiro atoms. The van der Waals surface area contributed by atoms with Crippen molar-refractivity contribution in [3.63, 3.8) is 0 Å². The molecule has 0 radical (unpaired) electrons. The number of carbonyl (C=O) groups is 1. The molecule has 1 N–H and O–H groups in total. The van der Waals surface area contributed by atoms with Gasteiger partial charge in [-0.3, -0.25) is 4.79 Å². The molecule has 0 saturated carbocycles. The summed E-state index contributed by atoms with van der Waals surface area (Å²) in [6.07, 6.45) is 3.28. The van der Waals surface area contributed by atoms with Crippen LogP contribution in [0.25, 0.3) is 0 Å². The summed E-state index contributed by atoms with van der Waals surface area (Å²) in [6.45, 7) is 2.34. The first kappa shape index (κ1) is 13.5. The van der Waals surface area contributed by atoms with E-state index in [4.69, 9.17) is 16.1 Å². The lowest BCUT2D eigenvalue weighted by molar-refractivity contribution is 0.0947. The van der Waals surface area contributed by atoms with Crippen molar-refractivity contribution in [2.24, 2.45) is 0 Å². The summed E-state index contributed by atoms with van der Waals surface area (Å²) in [5.74, 6) is 0.389. The monoisotopic (exact) mass is 279 g/mol. The number of halogens is 1. The lowest BCUT2D eigenvalue weighted by Gasteiger charge is -2.06. The highest BCUT2D eigenvalue weighted by Crippen LogP contribution is 2.12. The highest BCUT2D eigenvalue weighted by Gasteiger charge is 2.09. The Labute approximate surface area is 116 Å². The van der Waals surface area contributed by atoms with Crippen molar-refractivity contribution in [3.8, 4) is 0 Å². The molecule has 0 aliphatic carbocycles. The minimum absolute atomic E-state index is 0.210. The first-order valence-corrected chi connectivity index (χ1v) is 6.41. The predicted octanol–water partition coefficient (Wildman–Crippen LogP) is 2.61. The second-order valence-electron chi connectivity index (χ2n) is 4.08. The van der Waals surface area contributed by atoms with Gasteiger partial charge in [0, 0.05) is 17.3 Å². The topological polar surface area (TPSA) is 68.0 Å². The summed E-state index contributed by atoms with van der Waals surface area (Å²) >= 11 is 5.91. The number of hydrogen-bond acceptors (Lipinski definition) is 4. The van der Waals surface area contributed by atoms with E-state index in [1.165, 1.54) is 6.20 Å². The summed E-state index contributed by atoms with van der Waals surface area (Å²) < 4.78 is 4.90. The Kier molecular flexibility index (Phi) is 4.52. The maximum Gasteiger partial charge on any atom is 0.251 e. The number of nitrogens with one attached hydrogen (secondary N) is 1. The van der Waals surface area contributed by atoms with E-state index in [0.717, 1.165) is 18.5 Å². The van der Waals surface area contributed by atoms with E-state index in [-0.39, 0.29) is 5.91 Å². The molecule has 5 nitrogen and oxygen atoms in total. The van der Waals surface area contributed by atoms with Crippen LogP contribution in [0.2, 0.25) is 5.15 Å². The molecule has 0 bridgehead atoms. The number of aromatic nitrogens is 2. The van der Waals surface area contributed by atoms with Crippen molar-refractivity contribution in [3.05, 3.63) is 46.6 Å². The summed E-state index contributed by atoms with van der Waals surface area (Å²) in [4.78, 5) is 16.2. The average molecular weight is 280 g/mol. The number of hydrogen-bond donors (Lipinski definition) is 1. The van der Waals surface area contributed by atoms with Crippen LogP contribution < -0.4 is 5.32 Å². The van der Waals surface area contributed by atoms with Gasteiger partial charge in [0.15, 0.2) is 5.76 Å². The van der Waals surface area contributed by atoms with Crippen LogP contribution in [0.3, 0.4) is 0 Å². The smallest absolute Gasteiger partial charge is 0.251 e. The molecule has 2 aromatic heterocycles. The maximum atomic E-state index is 12.0. The third-order valence-electron chi connectivity index (χ3n) is 2.53. The molecular weight excluding hydrogens is 266 g/mol. The van der Waals surface area contributed by atoms with Crippen LogP contribution in [0.15, 0.2) is 28.9 Å². The number of amides is 1. The second-order valence-corrected chi connectivity index (χ2v) is 4.47. The molecule has 6 heteroatoms. The molecule has 2 heterocycles. The molecule has 0 fully saturated rings. The molecule has 0 atom stereocenters. The van der Waals surface area contributed by atoms with Gasteiger partial charge in [-0.25, -0.2) is 4.98 Å². The van der Waals surface area contributed by atoms with Crippen LogP contribution in [0.4, 0.5) is 0 Å². The maximum absolute atomic E-state index is 12.0. The number of rotatable bonds is 5. The Balaban J connectivity index is 2.05. The molecule has 1 amide bonds. The zero-order chi connectivity index (χ0) is 13.7. The van der Waals surface area contributed by atoms with Gasteiger partial charge in [-0.1, -0.05) is 30.1 Å². The highest BCUT2D eigenvalue weighted by atomic mass is 35.5. The summed E-state index contributed by atoms with van der Waals surface area (Å²) in [5, 5.41) is 6.64. The van der Waals surface area contributed by atoms with Gasteiger partial charge in [0.05, 0.1) is 12.7 Å². The molecule has 0 aliphatic heterocycles. The van der Waals surface area contributed by atoms with E-state index in [0.29, 0.717) is 23.0 Å². The molecule has 0 aliphatic rings. The van der Waals surface area contributed by atoms with Gasteiger partial charge >= 0.3 is 0 Å². The van der Waals surface area contributed by atoms with Gasteiger partial charge in [-0.15, -0.1) is 0 Å². The molecule has 100 valence electrons. The quantitative estimate of drug-likeness (QED) is 0.854. The lowest BCUT2D eigenvalue weighted by Crippen LogP contribution is -2.22. The van der Waals surface area contributed by atoms with Gasteiger partial charge in [0.1, 0.15) is 5.15 Å². The molecule has 2 aromatic rings. The van der Waals surface area contributed by atoms with E-state index >= 15 is 0 Å². The van der Waals surface area contributed by atoms with Crippen molar-refractivity contribution in [1.29, 1.82) is 0 Å². The van der Waals surface area contributed by atoms with Crippen molar-refractivity contribution in [1.82, 2.24) is 15.5 Å². The summed E-state index contributed by atoms with van der Waals surface area (Å²) in [5.41, 5.74) is 1.32. The fraction of sp³-hybridized carbons (Fsp3) is 0.308.